The minimum absolute atomic E-state index is 0.134. The van der Waals surface area contributed by atoms with Gasteiger partial charge >= 0.3 is 0 Å². The van der Waals surface area contributed by atoms with Crippen molar-refractivity contribution in [3.05, 3.63) is 120 Å². The third-order valence-corrected chi connectivity index (χ3v) is 6.85. The average molecular weight is 572 g/mol. The second kappa shape index (κ2) is 11.5. The number of fused-ring (bicyclic) bond motifs is 1. The van der Waals surface area contributed by atoms with Crippen LogP contribution in [0.2, 0.25) is 0 Å². The predicted molar refractivity (Wildman–Crippen MR) is 164 cm³/mol. The van der Waals surface area contributed by atoms with Gasteiger partial charge in [-0.3, -0.25) is 14.2 Å². The van der Waals surface area contributed by atoms with E-state index < -0.39 is 5.82 Å². The lowest BCUT2D eigenvalue weighted by Crippen LogP contribution is -2.22. The molecule has 6 rings (SSSR count). The number of benzene rings is 3. The molecule has 0 aliphatic carbocycles. The maximum absolute atomic E-state index is 13.5. The van der Waals surface area contributed by atoms with Crippen molar-refractivity contribution in [2.45, 2.75) is 13.5 Å². The van der Waals surface area contributed by atoms with Crippen molar-refractivity contribution in [2.75, 3.05) is 11.1 Å². The molecule has 9 nitrogen and oxygen atoms in total. The Hall–Kier alpha value is -5.90. The molecular weight excluding hydrogens is 545 g/mol. The van der Waals surface area contributed by atoms with Gasteiger partial charge in [-0.25, -0.2) is 19.3 Å². The molecule has 43 heavy (non-hydrogen) atoms. The van der Waals surface area contributed by atoms with Crippen LogP contribution >= 0.6 is 0 Å². The molecule has 2 amide bonds. The number of rotatable bonds is 7. The molecule has 0 aliphatic heterocycles. The van der Waals surface area contributed by atoms with E-state index in [9.17, 15) is 14.0 Å². The second-order valence-corrected chi connectivity index (χ2v) is 9.89. The van der Waals surface area contributed by atoms with Crippen LogP contribution in [0.4, 0.5) is 15.9 Å². The Labute approximate surface area is 246 Å². The fourth-order valence-corrected chi connectivity index (χ4v) is 4.78. The third kappa shape index (κ3) is 5.80. The van der Waals surface area contributed by atoms with Gasteiger partial charge in [-0.15, -0.1) is 0 Å². The van der Waals surface area contributed by atoms with Crippen LogP contribution < -0.4 is 16.4 Å². The summed E-state index contributed by atoms with van der Waals surface area (Å²) in [5.74, 6) is -0.0355. The number of hydrogen-bond donors (Lipinski definition) is 3. The minimum Gasteiger partial charge on any atom is -0.383 e. The van der Waals surface area contributed by atoms with Crippen LogP contribution in [-0.2, 0) is 11.3 Å². The Morgan fingerprint density at radius 2 is 1.70 bits per heavy atom. The first-order valence-corrected chi connectivity index (χ1v) is 13.5. The molecular formula is C33H26FN7O2. The summed E-state index contributed by atoms with van der Waals surface area (Å²) in [6, 6.07) is 26.3. The lowest BCUT2D eigenvalue weighted by atomic mass is 10.1. The Balaban J connectivity index is 1.33. The van der Waals surface area contributed by atoms with Crippen LogP contribution in [0.5, 0.6) is 0 Å². The summed E-state index contributed by atoms with van der Waals surface area (Å²) in [6.07, 6.45) is 3.40. The van der Waals surface area contributed by atoms with Crippen molar-refractivity contribution >= 4 is 34.5 Å². The number of carbonyl (C=O) groups excluding carboxylic acids is 2. The van der Waals surface area contributed by atoms with E-state index >= 15 is 0 Å². The molecule has 0 saturated heterocycles. The Morgan fingerprint density at radius 1 is 0.907 bits per heavy atom. The van der Waals surface area contributed by atoms with Crippen LogP contribution in [0, 0.1) is 5.82 Å². The highest BCUT2D eigenvalue weighted by Crippen LogP contribution is 2.32. The number of nitrogens with two attached hydrogens (primary N) is 1. The third-order valence-electron chi connectivity index (χ3n) is 6.85. The minimum atomic E-state index is -0.463. The van der Waals surface area contributed by atoms with Crippen LogP contribution in [0.15, 0.2) is 103 Å². The Bertz CT molecular complexity index is 1970. The molecule has 0 spiro atoms. The van der Waals surface area contributed by atoms with Gasteiger partial charge in [0.25, 0.3) is 5.91 Å². The highest BCUT2D eigenvalue weighted by atomic mass is 19.1. The standard InChI is InChI=1S/C33H26FN7O2/c1-20(42)39-26-11-9-22(10-12-26)24-17-29-32(37-19-24)41(31(40-29)28-6-3-15-36-30(28)35)27-13-7-21(8-14-27)18-38-33(43)23-4-2-5-25(34)16-23/h2-17,19H,18H2,1H3,(H2,35,36)(H,38,43)(H,39,42). The van der Waals surface area contributed by atoms with Gasteiger partial charge in [0.2, 0.25) is 5.91 Å². The highest BCUT2D eigenvalue weighted by molar-refractivity contribution is 5.94. The number of nitrogens with zero attached hydrogens (tertiary/aromatic N) is 4. The monoisotopic (exact) mass is 571 g/mol. The molecule has 6 aromatic rings. The molecule has 10 heteroatoms. The van der Waals surface area contributed by atoms with Gasteiger partial charge in [-0.05, 0) is 71.8 Å². The van der Waals surface area contributed by atoms with Crippen LogP contribution in [-0.4, -0.2) is 31.3 Å². The number of amides is 2. The van der Waals surface area contributed by atoms with Crippen molar-refractivity contribution in [3.63, 3.8) is 0 Å². The van der Waals surface area contributed by atoms with E-state index in [4.69, 9.17) is 15.7 Å². The van der Waals surface area contributed by atoms with E-state index in [1.165, 1.54) is 25.1 Å². The predicted octanol–water partition coefficient (Wildman–Crippen LogP) is 5.76. The maximum atomic E-state index is 13.5. The molecule has 3 heterocycles. The molecule has 0 fully saturated rings. The van der Waals surface area contributed by atoms with Crippen LogP contribution in [0.25, 0.3) is 39.4 Å². The molecule has 0 atom stereocenters. The number of pyridine rings is 2. The summed E-state index contributed by atoms with van der Waals surface area (Å²) in [5.41, 5.74) is 12.6. The van der Waals surface area contributed by atoms with Gasteiger partial charge < -0.3 is 16.4 Å². The lowest BCUT2D eigenvalue weighted by molar-refractivity contribution is -0.114. The number of nitrogen functional groups attached to an aromatic ring is 1. The molecule has 4 N–H and O–H groups in total. The van der Waals surface area contributed by atoms with Crippen LogP contribution in [0.1, 0.15) is 22.8 Å². The zero-order chi connectivity index (χ0) is 29.9. The first-order valence-electron chi connectivity index (χ1n) is 13.5. The lowest BCUT2D eigenvalue weighted by Gasteiger charge is -2.11. The molecule has 0 bridgehead atoms. The average Bonchev–Trinajstić information content (AvgIpc) is 3.39. The number of nitrogens with one attached hydrogen (secondary N) is 2. The van der Waals surface area contributed by atoms with Crippen molar-refractivity contribution in [1.29, 1.82) is 0 Å². The molecule has 3 aromatic carbocycles. The first-order chi connectivity index (χ1) is 20.9. The van der Waals surface area contributed by atoms with Crippen molar-refractivity contribution in [2.24, 2.45) is 0 Å². The maximum Gasteiger partial charge on any atom is 0.251 e. The van der Waals surface area contributed by atoms with Gasteiger partial charge in [-0.2, -0.15) is 0 Å². The number of hydrogen-bond acceptors (Lipinski definition) is 6. The smallest absolute Gasteiger partial charge is 0.251 e. The summed E-state index contributed by atoms with van der Waals surface area (Å²) < 4.78 is 15.4. The number of aromatic nitrogens is 4. The Kier molecular flexibility index (Phi) is 7.32. The molecule has 0 radical (unpaired) electrons. The molecule has 0 unspecified atom stereocenters. The fourth-order valence-electron chi connectivity index (χ4n) is 4.78. The summed E-state index contributed by atoms with van der Waals surface area (Å²) in [5, 5.41) is 5.59. The number of carbonyl (C=O) groups is 2. The van der Waals surface area contributed by atoms with E-state index in [-0.39, 0.29) is 23.9 Å². The molecule has 3 aromatic heterocycles. The first kappa shape index (κ1) is 27.3. The molecule has 212 valence electrons. The zero-order valence-electron chi connectivity index (χ0n) is 23.1. The van der Waals surface area contributed by atoms with Crippen LogP contribution in [0.3, 0.4) is 0 Å². The quantitative estimate of drug-likeness (QED) is 0.224. The Morgan fingerprint density at radius 3 is 2.42 bits per heavy atom. The van der Waals surface area contributed by atoms with Gasteiger partial charge in [0, 0.05) is 48.4 Å². The SMILES string of the molecule is CC(=O)Nc1ccc(-c2cnc3c(c2)nc(-c2cccnc2N)n3-c2ccc(CNC(=O)c3cccc(F)c3)cc2)cc1. The number of halogens is 1. The van der Waals surface area contributed by atoms with E-state index in [1.807, 2.05) is 65.2 Å². The topological polar surface area (TPSA) is 128 Å². The van der Waals surface area contributed by atoms with E-state index in [0.29, 0.717) is 34.1 Å². The second-order valence-electron chi connectivity index (χ2n) is 9.89. The number of imidazole rings is 1. The molecule has 0 aliphatic rings. The van der Waals surface area contributed by atoms with Gasteiger partial charge in [0.1, 0.15) is 17.2 Å². The summed E-state index contributed by atoms with van der Waals surface area (Å²) in [4.78, 5) is 37.8. The zero-order valence-corrected chi connectivity index (χ0v) is 23.1. The van der Waals surface area contributed by atoms with E-state index in [0.717, 1.165) is 22.4 Å². The van der Waals surface area contributed by atoms with Crippen molar-refractivity contribution < 1.29 is 14.0 Å². The van der Waals surface area contributed by atoms with Gasteiger partial charge in [-0.1, -0.05) is 30.3 Å². The van der Waals surface area contributed by atoms with Crippen molar-refractivity contribution in [3.8, 4) is 28.2 Å². The van der Waals surface area contributed by atoms with Gasteiger partial charge in [0.15, 0.2) is 11.5 Å². The summed E-state index contributed by atoms with van der Waals surface area (Å²) in [6.45, 7) is 1.74. The largest absolute Gasteiger partial charge is 0.383 e. The van der Waals surface area contributed by atoms with E-state index in [1.54, 1.807) is 24.5 Å². The van der Waals surface area contributed by atoms with E-state index in [2.05, 4.69) is 15.6 Å². The normalized spacial score (nSPS) is 10.9. The van der Waals surface area contributed by atoms with Gasteiger partial charge in [0.05, 0.1) is 5.56 Å². The highest BCUT2D eigenvalue weighted by Gasteiger charge is 2.19. The fraction of sp³-hybridized carbons (Fsp3) is 0.0606. The van der Waals surface area contributed by atoms with Crippen molar-refractivity contribution in [1.82, 2.24) is 24.8 Å². The number of anilines is 2. The molecule has 0 saturated carbocycles. The summed E-state index contributed by atoms with van der Waals surface area (Å²) in [7, 11) is 0. The summed E-state index contributed by atoms with van der Waals surface area (Å²) >= 11 is 0.